The molecule has 0 amide bonds. The molecule has 0 aromatic heterocycles. The number of carbonyl (C=O) groups is 1. The van der Waals surface area contributed by atoms with E-state index in [1.807, 2.05) is 24.3 Å². The van der Waals surface area contributed by atoms with Crippen molar-refractivity contribution in [3.05, 3.63) is 65.2 Å². The Morgan fingerprint density at radius 3 is 2.13 bits per heavy atom. The van der Waals surface area contributed by atoms with Gasteiger partial charge in [0.1, 0.15) is 5.75 Å². The fourth-order valence-electron chi connectivity index (χ4n) is 3.12. The normalized spacial score (nSPS) is 10.3. The Morgan fingerprint density at radius 1 is 0.871 bits per heavy atom. The number of hydrogen-bond donors (Lipinski definition) is 1. The molecule has 31 heavy (non-hydrogen) atoms. The van der Waals surface area contributed by atoms with E-state index in [0.717, 1.165) is 30.6 Å². The maximum atomic E-state index is 11.1. The van der Waals surface area contributed by atoms with Crippen LogP contribution in [0.3, 0.4) is 0 Å². The van der Waals surface area contributed by atoms with Crippen molar-refractivity contribution in [3.8, 4) is 17.6 Å². The first-order valence-electron chi connectivity index (χ1n) is 11.3. The number of rotatable bonds is 13. The van der Waals surface area contributed by atoms with Crippen LogP contribution in [0.2, 0.25) is 0 Å². The molecule has 0 saturated heterocycles. The van der Waals surface area contributed by atoms with Gasteiger partial charge in [-0.15, -0.1) is 0 Å². The van der Waals surface area contributed by atoms with Crippen LogP contribution in [-0.4, -0.2) is 19.7 Å². The van der Waals surface area contributed by atoms with Crippen molar-refractivity contribution in [2.24, 2.45) is 0 Å². The highest BCUT2D eigenvalue weighted by Gasteiger charge is 2.02. The summed E-state index contributed by atoms with van der Waals surface area (Å²) in [4.78, 5) is 11.1. The molecule has 0 atom stereocenters. The van der Waals surface area contributed by atoms with Gasteiger partial charge in [-0.25, -0.2) is 4.79 Å². The van der Waals surface area contributed by atoms with E-state index in [1.165, 1.54) is 51.2 Å². The Balaban J connectivity index is 1.65. The van der Waals surface area contributed by atoms with Gasteiger partial charge in [0.25, 0.3) is 0 Å². The van der Waals surface area contributed by atoms with E-state index in [4.69, 9.17) is 4.74 Å². The van der Waals surface area contributed by atoms with Crippen LogP contribution in [0.1, 0.15) is 68.6 Å². The summed E-state index contributed by atoms with van der Waals surface area (Å²) in [5, 5.41) is 3.45. The van der Waals surface area contributed by atoms with E-state index in [9.17, 15) is 4.79 Å². The van der Waals surface area contributed by atoms with Crippen LogP contribution in [0.5, 0.6) is 5.75 Å². The molecule has 0 bridgehead atoms. The van der Waals surface area contributed by atoms with E-state index in [-0.39, 0.29) is 12.6 Å². The van der Waals surface area contributed by atoms with Crippen LogP contribution in [-0.2, 0) is 22.6 Å². The number of hydrogen-bond acceptors (Lipinski definition) is 4. The van der Waals surface area contributed by atoms with Gasteiger partial charge in [-0.1, -0.05) is 75.1 Å². The van der Waals surface area contributed by atoms with Gasteiger partial charge in [-0.3, -0.25) is 0 Å². The maximum Gasteiger partial charge on any atom is 0.343 e. The maximum absolute atomic E-state index is 11.1. The van der Waals surface area contributed by atoms with Gasteiger partial charge in [-0.2, -0.15) is 0 Å². The van der Waals surface area contributed by atoms with Crippen LogP contribution in [0, 0.1) is 11.8 Å². The third kappa shape index (κ3) is 10.7. The highest BCUT2D eigenvalue weighted by molar-refractivity contribution is 5.70. The third-order valence-corrected chi connectivity index (χ3v) is 5.01. The number of benzene rings is 2. The summed E-state index contributed by atoms with van der Waals surface area (Å²) in [6.07, 6.45) is 8.84. The lowest BCUT2D eigenvalue weighted by Crippen LogP contribution is -2.13. The molecule has 0 unspecified atom stereocenters. The Labute approximate surface area is 187 Å². The molecular weight excluding hydrogens is 386 g/mol. The molecule has 0 aliphatic carbocycles. The van der Waals surface area contributed by atoms with Crippen LogP contribution >= 0.6 is 0 Å². The Kier molecular flexibility index (Phi) is 11.9. The summed E-state index contributed by atoms with van der Waals surface area (Å²) in [5.74, 6) is 6.84. The molecule has 0 spiro atoms. The molecular formula is C27H35NO3. The molecule has 4 heteroatoms. The summed E-state index contributed by atoms with van der Waals surface area (Å²) in [5.41, 5.74) is 3.47. The minimum absolute atomic E-state index is 0.0759. The minimum atomic E-state index is -0.388. The molecule has 0 heterocycles. The first-order chi connectivity index (χ1) is 15.2. The number of ether oxygens (including phenoxy) is 2. The average Bonchev–Trinajstić information content (AvgIpc) is 2.81. The fourth-order valence-corrected chi connectivity index (χ4v) is 3.12. The zero-order valence-electron chi connectivity index (χ0n) is 18.9. The SMILES string of the molecule is CCCCCCCCC#Cc1ccc(CNCc2ccc(OCC(=O)OC)cc2)cc1. The van der Waals surface area contributed by atoms with Crippen molar-refractivity contribution in [3.63, 3.8) is 0 Å². The molecule has 1 N–H and O–H groups in total. The summed E-state index contributed by atoms with van der Waals surface area (Å²) < 4.78 is 9.91. The third-order valence-electron chi connectivity index (χ3n) is 5.01. The zero-order valence-corrected chi connectivity index (χ0v) is 18.9. The molecule has 0 aliphatic heterocycles. The Hall–Kier alpha value is -2.77. The monoisotopic (exact) mass is 421 g/mol. The highest BCUT2D eigenvalue weighted by Crippen LogP contribution is 2.12. The van der Waals surface area contributed by atoms with Gasteiger partial charge >= 0.3 is 5.97 Å². The first kappa shape index (κ1) is 24.5. The number of methoxy groups -OCH3 is 1. The van der Waals surface area contributed by atoms with E-state index < -0.39 is 0 Å². The summed E-state index contributed by atoms with van der Waals surface area (Å²) >= 11 is 0. The van der Waals surface area contributed by atoms with Crippen LogP contribution < -0.4 is 10.1 Å². The van der Waals surface area contributed by atoms with Crippen LogP contribution in [0.25, 0.3) is 0 Å². The van der Waals surface area contributed by atoms with Crippen molar-refractivity contribution < 1.29 is 14.3 Å². The van der Waals surface area contributed by atoms with E-state index >= 15 is 0 Å². The topological polar surface area (TPSA) is 47.6 Å². The second-order valence-electron chi connectivity index (χ2n) is 7.63. The highest BCUT2D eigenvalue weighted by atomic mass is 16.6. The molecule has 2 aromatic rings. The van der Waals surface area contributed by atoms with Gasteiger partial charge in [0.15, 0.2) is 6.61 Å². The van der Waals surface area contributed by atoms with Gasteiger partial charge < -0.3 is 14.8 Å². The summed E-state index contributed by atoms with van der Waals surface area (Å²) in [7, 11) is 1.35. The van der Waals surface area contributed by atoms with E-state index in [2.05, 4.69) is 53.1 Å². The van der Waals surface area contributed by atoms with Gasteiger partial charge in [0.05, 0.1) is 7.11 Å². The zero-order chi connectivity index (χ0) is 22.2. The number of unbranched alkanes of at least 4 members (excludes halogenated alkanes) is 6. The average molecular weight is 422 g/mol. The largest absolute Gasteiger partial charge is 0.482 e. The van der Waals surface area contributed by atoms with Crippen molar-refractivity contribution in [2.75, 3.05) is 13.7 Å². The predicted molar refractivity (Wildman–Crippen MR) is 126 cm³/mol. The van der Waals surface area contributed by atoms with Crippen molar-refractivity contribution in [2.45, 2.75) is 65.0 Å². The standard InChI is InChI=1S/C27H35NO3/c1-3-4-5-6-7-8-9-10-11-23-12-14-24(15-13-23)20-28-21-25-16-18-26(19-17-25)31-22-27(29)30-2/h12-19,28H,3-9,20-22H2,1-2H3. The Morgan fingerprint density at radius 2 is 1.48 bits per heavy atom. The Bertz CT molecular complexity index is 816. The fraction of sp³-hybridized carbons (Fsp3) is 0.444. The van der Waals surface area contributed by atoms with Crippen molar-refractivity contribution in [1.82, 2.24) is 5.32 Å². The van der Waals surface area contributed by atoms with Crippen LogP contribution in [0.15, 0.2) is 48.5 Å². The van der Waals surface area contributed by atoms with Crippen molar-refractivity contribution in [1.29, 1.82) is 0 Å². The molecule has 166 valence electrons. The predicted octanol–water partition coefficient (Wildman–Crippen LogP) is 5.63. The van der Waals surface area contributed by atoms with E-state index in [0.29, 0.717) is 5.75 Å². The van der Waals surface area contributed by atoms with E-state index in [1.54, 1.807) is 0 Å². The quantitative estimate of drug-likeness (QED) is 0.259. The molecule has 0 fully saturated rings. The number of carbonyl (C=O) groups excluding carboxylic acids is 1. The minimum Gasteiger partial charge on any atom is -0.482 e. The summed E-state index contributed by atoms with van der Waals surface area (Å²) in [6, 6.07) is 16.1. The second kappa shape index (κ2) is 15.1. The van der Waals surface area contributed by atoms with Crippen molar-refractivity contribution >= 4 is 5.97 Å². The molecule has 2 rings (SSSR count). The lowest BCUT2D eigenvalue weighted by Gasteiger charge is -2.08. The van der Waals surface area contributed by atoms with Gasteiger partial charge in [0, 0.05) is 25.1 Å². The van der Waals surface area contributed by atoms with Crippen LogP contribution in [0.4, 0.5) is 0 Å². The molecule has 2 aromatic carbocycles. The molecule has 0 saturated carbocycles. The lowest BCUT2D eigenvalue weighted by atomic mass is 10.1. The second-order valence-corrected chi connectivity index (χ2v) is 7.63. The first-order valence-corrected chi connectivity index (χ1v) is 11.3. The molecule has 0 radical (unpaired) electrons. The summed E-state index contributed by atoms with van der Waals surface area (Å²) in [6.45, 7) is 3.73. The molecule has 4 nitrogen and oxygen atoms in total. The lowest BCUT2D eigenvalue weighted by molar-refractivity contribution is -0.142. The number of nitrogens with one attached hydrogen (secondary N) is 1. The molecule has 0 aliphatic rings. The number of esters is 1. The smallest absolute Gasteiger partial charge is 0.343 e. The van der Waals surface area contributed by atoms with Gasteiger partial charge in [-0.05, 0) is 41.8 Å². The van der Waals surface area contributed by atoms with Gasteiger partial charge in [0.2, 0.25) is 0 Å².